The Morgan fingerprint density at radius 1 is 1.50 bits per heavy atom. The Hall–Kier alpha value is -0.340. The average Bonchev–Trinajstić information content (AvgIpc) is 2.19. The maximum absolute atomic E-state index is 5.26. The van der Waals surface area contributed by atoms with E-state index in [4.69, 9.17) is 4.74 Å². The minimum absolute atomic E-state index is 0.598. The Labute approximate surface area is 93.6 Å². The van der Waals surface area contributed by atoms with E-state index < -0.39 is 0 Å². The van der Waals surface area contributed by atoms with Crippen molar-refractivity contribution in [1.29, 1.82) is 0 Å². The van der Waals surface area contributed by atoms with E-state index >= 15 is 0 Å². The van der Waals surface area contributed by atoms with Crippen molar-refractivity contribution in [2.24, 2.45) is 0 Å². The van der Waals surface area contributed by atoms with Crippen LogP contribution in [-0.2, 0) is 11.2 Å². The fraction of sp³-hybridized carbons (Fsp3) is 0.500. The molecule has 1 unspecified atom stereocenters. The molecule has 1 nitrogen and oxygen atoms in total. The molecule has 1 atom stereocenters. The number of hydrogen-bond donors (Lipinski definition) is 0. The topological polar surface area (TPSA) is 9.23 Å². The molecule has 0 N–H and O–H groups in total. The zero-order chi connectivity index (χ0) is 9.97. The number of halogens is 1. The van der Waals surface area contributed by atoms with Crippen LogP contribution < -0.4 is 0 Å². The largest absolute Gasteiger partial charge is 0.384 e. The molecule has 14 heavy (non-hydrogen) atoms. The number of fused-ring (bicyclic) bond motifs is 1. The highest BCUT2D eigenvalue weighted by Gasteiger charge is 2.19. The van der Waals surface area contributed by atoms with Crippen molar-refractivity contribution in [3.63, 3.8) is 0 Å². The summed E-state index contributed by atoms with van der Waals surface area (Å²) in [6.07, 6.45) is 3.78. The molecule has 1 aromatic rings. The molecule has 1 aliphatic carbocycles. The average molecular weight is 255 g/mol. The van der Waals surface area contributed by atoms with E-state index in [1.807, 2.05) is 0 Å². The summed E-state index contributed by atoms with van der Waals surface area (Å²) in [5.74, 6) is 0.598. The molecule has 0 bridgehead atoms. The van der Waals surface area contributed by atoms with Crippen LogP contribution in [0.15, 0.2) is 22.7 Å². The highest BCUT2D eigenvalue weighted by atomic mass is 79.9. The minimum atomic E-state index is 0.598. The van der Waals surface area contributed by atoms with Gasteiger partial charge in [0.05, 0.1) is 6.61 Å². The van der Waals surface area contributed by atoms with Crippen molar-refractivity contribution in [2.75, 3.05) is 13.7 Å². The zero-order valence-corrected chi connectivity index (χ0v) is 10.0. The van der Waals surface area contributed by atoms with Gasteiger partial charge in [0.2, 0.25) is 0 Å². The number of aryl methyl sites for hydroxylation is 1. The highest BCUT2D eigenvalue weighted by Crippen LogP contribution is 2.33. The molecule has 76 valence electrons. The van der Waals surface area contributed by atoms with Crippen LogP contribution >= 0.6 is 15.9 Å². The smallest absolute Gasteiger partial charge is 0.0531 e. The van der Waals surface area contributed by atoms with Crippen LogP contribution in [0.3, 0.4) is 0 Å². The van der Waals surface area contributed by atoms with Crippen molar-refractivity contribution >= 4 is 15.9 Å². The molecule has 0 spiro atoms. The Balaban J connectivity index is 2.32. The van der Waals surface area contributed by atoms with Crippen molar-refractivity contribution in [2.45, 2.75) is 25.2 Å². The lowest BCUT2D eigenvalue weighted by Gasteiger charge is -2.25. The van der Waals surface area contributed by atoms with Gasteiger partial charge in [0.25, 0.3) is 0 Å². The normalized spacial score (nSPS) is 20.6. The first kappa shape index (κ1) is 10.2. The van der Waals surface area contributed by atoms with Crippen LogP contribution in [0.5, 0.6) is 0 Å². The molecular weight excluding hydrogens is 240 g/mol. The maximum Gasteiger partial charge on any atom is 0.0531 e. The summed E-state index contributed by atoms with van der Waals surface area (Å²) in [6.45, 7) is 0.851. The Morgan fingerprint density at radius 3 is 3.14 bits per heavy atom. The summed E-state index contributed by atoms with van der Waals surface area (Å²) in [7, 11) is 1.78. The summed E-state index contributed by atoms with van der Waals surface area (Å²) in [5.41, 5.74) is 2.98. The van der Waals surface area contributed by atoms with Gasteiger partial charge in [0, 0.05) is 17.5 Å². The van der Waals surface area contributed by atoms with Crippen molar-refractivity contribution < 1.29 is 4.74 Å². The number of methoxy groups -OCH3 is 1. The predicted molar refractivity (Wildman–Crippen MR) is 61.7 cm³/mol. The van der Waals surface area contributed by atoms with E-state index in [1.54, 1.807) is 7.11 Å². The maximum atomic E-state index is 5.26. The van der Waals surface area contributed by atoms with E-state index in [1.165, 1.54) is 34.9 Å². The molecule has 0 aromatic heterocycles. The van der Waals surface area contributed by atoms with Crippen molar-refractivity contribution in [1.82, 2.24) is 0 Å². The SMILES string of the molecule is COCC1CCCc2ccc(Br)cc21. The molecule has 0 heterocycles. The molecule has 0 radical (unpaired) electrons. The van der Waals surface area contributed by atoms with E-state index in [-0.39, 0.29) is 0 Å². The fourth-order valence-corrected chi connectivity index (χ4v) is 2.62. The molecule has 0 aliphatic heterocycles. The first-order valence-electron chi connectivity index (χ1n) is 5.08. The summed E-state index contributed by atoms with van der Waals surface area (Å²) in [6, 6.07) is 6.62. The molecule has 0 saturated heterocycles. The number of benzene rings is 1. The van der Waals surface area contributed by atoms with Gasteiger partial charge in [-0.3, -0.25) is 0 Å². The monoisotopic (exact) mass is 254 g/mol. The minimum Gasteiger partial charge on any atom is -0.384 e. The molecule has 0 fully saturated rings. The molecule has 0 saturated carbocycles. The molecule has 0 amide bonds. The molecule has 1 aromatic carbocycles. The van der Waals surface area contributed by atoms with Gasteiger partial charge in [-0.1, -0.05) is 22.0 Å². The van der Waals surface area contributed by atoms with Crippen LogP contribution in [0.2, 0.25) is 0 Å². The second kappa shape index (κ2) is 4.45. The van der Waals surface area contributed by atoms with E-state index in [9.17, 15) is 0 Å². The van der Waals surface area contributed by atoms with Gasteiger partial charge in [0.1, 0.15) is 0 Å². The van der Waals surface area contributed by atoms with Crippen LogP contribution in [0, 0.1) is 0 Å². The fourth-order valence-electron chi connectivity index (χ4n) is 2.24. The third-order valence-electron chi connectivity index (χ3n) is 2.91. The van der Waals surface area contributed by atoms with Gasteiger partial charge >= 0.3 is 0 Å². The first-order chi connectivity index (χ1) is 6.81. The third kappa shape index (κ3) is 2.01. The Kier molecular flexibility index (Phi) is 3.24. The quantitative estimate of drug-likeness (QED) is 0.785. The first-order valence-corrected chi connectivity index (χ1v) is 5.88. The van der Waals surface area contributed by atoms with Crippen LogP contribution in [0.1, 0.15) is 29.9 Å². The highest BCUT2D eigenvalue weighted by molar-refractivity contribution is 9.10. The van der Waals surface area contributed by atoms with Crippen LogP contribution in [0.25, 0.3) is 0 Å². The standard InChI is InChI=1S/C12H15BrO/c1-14-8-10-4-2-3-9-5-6-11(13)7-12(9)10/h5-7,10H,2-4,8H2,1H3. The van der Waals surface area contributed by atoms with Crippen molar-refractivity contribution in [3.8, 4) is 0 Å². The van der Waals surface area contributed by atoms with Gasteiger partial charge < -0.3 is 4.74 Å². The lowest BCUT2D eigenvalue weighted by molar-refractivity contribution is 0.172. The summed E-state index contributed by atoms with van der Waals surface area (Å²) < 4.78 is 6.44. The number of ether oxygens (including phenoxy) is 1. The molecule has 1 aliphatic rings. The third-order valence-corrected chi connectivity index (χ3v) is 3.41. The molecular formula is C12H15BrO. The van der Waals surface area contributed by atoms with E-state index in [0.717, 1.165) is 6.61 Å². The van der Waals surface area contributed by atoms with Gasteiger partial charge in [-0.2, -0.15) is 0 Å². The van der Waals surface area contributed by atoms with Crippen molar-refractivity contribution in [3.05, 3.63) is 33.8 Å². The van der Waals surface area contributed by atoms with E-state index in [2.05, 4.69) is 34.1 Å². The Morgan fingerprint density at radius 2 is 2.36 bits per heavy atom. The van der Waals surface area contributed by atoms with E-state index in [0.29, 0.717) is 5.92 Å². The molecule has 2 rings (SSSR count). The summed E-state index contributed by atoms with van der Waals surface area (Å²) >= 11 is 3.53. The lowest BCUT2D eigenvalue weighted by atomic mass is 9.83. The van der Waals surface area contributed by atoms with Crippen LogP contribution in [0.4, 0.5) is 0 Å². The second-order valence-electron chi connectivity index (χ2n) is 3.89. The van der Waals surface area contributed by atoms with Crippen LogP contribution in [-0.4, -0.2) is 13.7 Å². The molecule has 2 heteroatoms. The number of hydrogen-bond acceptors (Lipinski definition) is 1. The second-order valence-corrected chi connectivity index (χ2v) is 4.80. The Bertz CT molecular complexity index is 322. The van der Waals surface area contributed by atoms with Gasteiger partial charge in [-0.25, -0.2) is 0 Å². The zero-order valence-electron chi connectivity index (χ0n) is 8.42. The lowest BCUT2D eigenvalue weighted by Crippen LogP contribution is -2.14. The van der Waals surface area contributed by atoms with Gasteiger partial charge in [-0.05, 0) is 42.5 Å². The van der Waals surface area contributed by atoms with Gasteiger partial charge in [-0.15, -0.1) is 0 Å². The number of rotatable bonds is 2. The summed E-state index contributed by atoms with van der Waals surface area (Å²) in [5, 5.41) is 0. The predicted octanol–water partition coefficient (Wildman–Crippen LogP) is 3.52. The summed E-state index contributed by atoms with van der Waals surface area (Å²) in [4.78, 5) is 0. The van der Waals surface area contributed by atoms with Gasteiger partial charge in [0.15, 0.2) is 0 Å².